The first-order valence-electron chi connectivity index (χ1n) is 18.6. The number of ether oxygens (including phenoxy) is 4. The molecule has 308 valence electrons. The van der Waals surface area contributed by atoms with Crippen molar-refractivity contribution in [2.45, 2.75) is 33.2 Å². The molecule has 0 aliphatic rings. The second kappa shape index (κ2) is 15.9. The van der Waals surface area contributed by atoms with Crippen LogP contribution in [0.1, 0.15) is 55.4 Å². The highest BCUT2D eigenvalue weighted by Crippen LogP contribution is 2.48. The number of methoxy groups -OCH3 is 2. The smallest absolute Gasteiger partial charge is 0.349 e. The third kappa shape index (κ3) is 6.66. The molecule has 1 unspecified atom stereocenters. The molecule has 0 aliphatic carbocycles. The van der Waals surface area contributed by atoms with Gasteiger partial charge >= 0.3 is 5.97 Å². The van der Waals surface area contributed by atoms with Crippen molar-refractivity contribution in [2.75, 3.05) is 27.4 Å². The molecule has 0 fully saturated rings. The van der Waals surface area contributed by atoms with Crippen molar-refractivity contribution < 1.29 is 47.2 Å². The molecule has 0 saturated carbocycles. The molecule has 8 aromatic rings. The van der Waals surface area contributed by atoms with Gasteiger partial charge in [0, 0.05) is 47.2 Å². The van der Waals surface area contributed by atoms with Gasteiger partial charge in [-0.1, -0.05) is 0 Å². The second-order valence-corrected chi connectivity index (χ2v) is 15.5. The van der Waals surface area contributed by atoms with Crippen LogP contribution in [0.25, 0.3) is 65.0 Å². The van der Waals surface area contributed by atoms with Gasteiger partial charge in [0.15, 0.2) is 6.29 Å². The molecule has 4 aromatic carbocycles. The number of aryl methyl sites for hydroxylation is 2. The number of benzene rings is 4. The van der Waals surface area contributed by atoms with E-state index < -0.39 is 35.7 Å². The number of halogens is 2. The number of primary amides is 2. The lowest BCUT2D eigenvalue weighted by molar-refractivity contribution is -0.0951. The summed E-state index contributed by atoms with van der Waals surface area (Å²) in [5.74, 6) is -2.11. The molecule has 0 spiro atoms. The van der Waals surface area contributed by atoms with E-state index in [-0.39, 0.29) is 79.5 Å². The van der Waals surface area contributed by atoms with E-state index in [0.717, 1.165) is 22.7 Å². The Labute approximate surface area is 347 Å². The molecule has 0 aliphatic heterocycles. The number of carbonyl (C=O) groups excluding carboxylic acids is 3. The lowest BCUT2D eigenvalue weighted by Gasteiger charge is -2.16. The summed E-state index contributed by atoms with van der Waals surface area (Å²) in [6, 6.07) is 15.0. The fraction of sp³-hybridized carbons (Fsp3) is 0.214. The van der Waals surface area contributed by atoms with Crippen molar-refractivity contribution in [3.05, 3.63) is 93.2 Å². The summed E-state index contributed by atoms with van der Waals surface area (Å²) in [6.45, 7) is 3.74. The number of aromatic nitrogens is 4. The Balaban J connectivity index is 1.41. The van der Waals surface area contributed by atoms with Gasteiger partial charge in [-0.2, -0.15) is 0 Å². The predicted molar refractivity (Wildman–Crippen MR) is 224 cm³/mol. The van der Waals surface area contributed by atoms with E-state index in [1.807, 2.05) is 9.13 Å². The molecule has 4 heterocycles. The van der Waals surface area contributed by atoms with Crippen LogP contribution >= 0.6 is 22.7 Å². The van der Waals surface area contributed by atoms with E-state index >= 15 is 8.78 Å². The number of fused-ring (bicyclic) bond motifs is 4. The summed E-state index contributed by atoms with van der Waals surface area (Å²) in [4.78, 5) is 48.6. The fourth-order valence-electron chi connectivity index (χ4n) is 7.43. The number of carbonyl (C=O) groups is 3. The summed E-state index contributed by atoms with van der Waals surface area (Å²) in [7, 11) is 2.88. The Morgan fingerprint density at radius 3 is 1.72 bits per heavy atom. The molecule has 2 amide bonds. The lowest BCUT2D eigenvalue weighted by atomic mass is 10.1. The Morgan fingerprint density at radius 1 is 0.733 bits per heavy atom. The Morgan fingerprint density at radius 2 is 1.23 bits per heavy atom. The number of thiophene rings is 2. The molecular weight excluding hydrogens is 819 g/mol. The van der Waals surface area contributed by atoms with Crippen molar-refractivity contribution in [1.82, 2.24) is 19.1 Å². The number of aliphatic hydroxyl groups is 1. The highest BCUT2D eigenvalue weighted by atomic mass is 32.1. The Kier molecular flexibility index (Phi) is 10.7. The van der Waals surface area contributed by atoms with Gasteiger partial charge in [-0.3, -0.25) is 9.59 Å². The van der Waals surface area contributed by atoms with Gasteiger partial charge in [-0.05, 0) is 74.5 Å². The Bertz CT molecular complexity index is 3040. The summed E-state index contributed by atoms with van der Waals surface area (Å²) in [6.07, 6.45) is -1.48. The first kappa shape index (κ1) is 40.3. The molecule has 0 bridgehead atoms. The van der Waals surface area contributed by atoms with Crippen LogP contribution in [-0.2, 0) is 22.6 Å². The number of hydrogen-bond acceptors (Lipinski definition) is 12. The van der Waals surface area contributed by atoms with Gasteiger partial charge in [0.2, 0.25) is 11.8 Å². The zero-order valence-electron chi connectivity index (χ0n) is 32.5. The molecule has 1 atom stereocenters. The number of rotatable bonds is 14. The topological polar surface area (TPSA) is 196 Å². The molecule has 0 saturated heterocycles. The largest absolute Gasteiger partial charge is 0.496 e. The van der Waals surface area contributed by atoms with E-state index in [2.05, 4.69) is 0 Å². The summed E-state index contributed by atoms with van der Waals surface area (Å²) in [5.41, 5.74) is 14.1. The van der Waals surface area contributed by atoms with Gasteiger partial charge in [0.05, 0.1) is 62.7 Å². The molecule has 4 aromatic heterocycles. The molecule has 14 nitrogen and oxygen atoms in total. The molecular formula is C42H36F2N6O8S2. The van der Waals surface area contributed by atoms with Crippen LogP contribution in [0.5, 0.6) is 11.5 Å². The maximum absolute atomic E-state index is 15.6. The molecule has 60 heavy (non-hydrogen) atoms. The zero-order valence-corrected chi connectivity index (χ0v) is 34.1. The third-order valence-electron chi connectivity index (χ3n) is 10.0. The van der Waals surface area contributed by atoms with E-state index in [0.29, 0.717) is 44.2 Å². The van der Waals surface area contributed by atoms with Crippen LogP contribution in [-0.4, -0.2) is 69.4 Å². The molecule has 18 heteroatoms. The number of amides is 2. The van der Waals surface area contributed by atoms with Crippen LogP contribution in [0.4, 0.5) is 8.78 Å². The number of aliphatic hydroxyl groups excluding tert-OH is 1. The average molecular weight is 855 g/mol. The first-order valence-corrected chi connectivity index (χ1v) is 20.2. The normalized spacial score (nSPS) is 12.2. The highest BCUT2D eigenvalue weighted by Gasteiger charge is 2.31. The van der Waals surface area contributed by atoms with Gasteiger partial charge < -0.3 is 44.7 Å². The average Bonchev–Trinajstić information content (AvgIpc) is 4.01. The minimum Gasteiger partial charge on any atom is -0.496 e. The molecule has 8 rings (SSSR count). The standard InChI is InChI=1S/C42H36F2N6O8S2/c1-5-57-41(53)35-31(29-27(55-3)13-9-21(43)33(29)59-35)39-47-23-17-19(37(45)51)7-11-25(23)49(39)15-16-50-26-12-8-20(38(46)52)18-24(26)48-40(50)32-30-28(56-4)14-10-22(44)34(30)60-36(32)42(54)58-6-2/h7-14,17-18,41,53H,5-6,15-16H2,1-4H3,(H2,45,51)(H2,46,52). The summed E-state index contributed by atoms with van der Waals surface area (Å²) < 4.78 is 57.7. The number of imidazole rings is 2. The Hall–Kier alpha value is -6.47. The van der Waals surface area contributed by atoms with Crippen LogP contribution in [0.3, 0.4) is 0 Å². The van der Waals surface area contributed by atoms with Crippen molar-refractivity contribution in [2.24, 2.45) is 11.5 Å². The maximum Gasteiger partial charge on any atom is 0.349 e. The summed E-state index contributed by atoms with van der Waals surface area (Å²) >= 11 is 1.89. The fourth-order valence-corrected chi connectivity index (χ4v) is 9.69. The van der Waals surface area contributed by atoms with E-state index in [4.69, 9.17) is 40.4 Å². The summed E-state index contributed by atoms with van der Waals surface area (Å²) in [5, 5.41) is 12.0. The molecule has 0 radical (unpaired) electrons. The van der Waals surface area contributed by atoms with Crippen molar-refractivity contribution in [3.8, 4) is 34.3 Å². The lowest BCUT2D eigenvalue weighted by Crippen LogP contribution is -2.13. The number of hydrogen-bond donors (Lipinski definition) is 3. The van der Waals surface area contributed by atoms with Gasteiger partial charge in [0.1, 0.15) is 39.7 Å². The van der Waals surface area contributed by atoms with Gasteiger partial charge in [-0.15, -0.1) is 22.7 Å². The SMILES string of the molecule is CCOC(=O)c1sc2c(F)ccc(OC)c2c1-c1nc2cc(C(N)=O)ccc2n1CCn1c(-c2c(C(O)OCC)sc3c(F)ccc(OC)c23)nc2cc(C(N)=O)ccc21. The van der Waals surface area contributed by atoms with Crippen LogP contribution in [0, 0.1) is 11.6 Å². The van der Waals surface area contributed by atoms with Crippen molar-refractivity contribution >= 4 is 82.7 Å². The van der Waals surface area contributed by atoms with Crippen molar-refractivity contribution in [1.29, 1.82) is 0 Å². The van der Waals surface area contributed by atoms with Crippen LogP contribution in [0.15, 0.2) is 60.7 Å². The third-order valence-corrected chi connectivity index (χ3v) is 12.4. The van der Waals surface area contributed by atoms with Crippen molar-refractivity contribution in [3.63, 3.8) is 0 Å². The quantitative estimate of drug-likeness (QED) is 0.0726. The highest BCUT2D eigenvalue weighted by molar-refractivity contribution is 7.21. The minimum absolute atomic E-state index is 0.0460. The van der Waals surface area contributed by atoms with E-state index in [1.54, 1.807) is 38.1 Å². The van der Waals surface area contributed by atoms with Crippen LogP contribution < -0.4 is 20.9 Å². The minimum atomic E-state index is -1.48. The van der Waals surface area contributed by atoms with Gasteiger partial charge in [-0.25, -0.2) is 23.5 Å². The zero-order chi connectivity index (χ0) is 42.6. The van der Waals surface area contributed by atoms with E-state index in [1.165, 1.54) is 50.6 Å². The number of nitrogens with two attached hydrogens (primary N) is 2. The number of nitrogens with zero attached hydrogens (tertiary/aromatic N) is 4. The van der Waals surface area contributed by atoms with Crippen LogP contribution in [0.2, 0.25) is 0 Å². The maximum atomic E-state index is 15.6. The van der Waals surface area contributed by atoms with E-state index in [9.17, 15) is 19.5 Å². The monoisotopic (exact) mass is 854 g/mol. The predicted octanol–water partition coefficient (Wildman–Crippen LogP) is 7.55. The van der Waals surface area contributed by atoms with Gasteiger partial charge in [0.25, 0.3) is 0 Å². The first-order chi connectivity index (χ1) is 28.9. The number of esters is 1. The molecule has 5 N–H and O–H groups in total. The second-order valence-electron chi connectivity index (χ2n) is 13.4.